The van der Waals surface area contributed by atoms with E-state index in [0.717, 1.165) is 19.3 Å². The van der Waals surface area contributed by atoms with Crippen molar-refractivity contribution in [2.45, 2.75) is 39.7 Å². The number of carbonyl (C=O) groups is 2. The van der Waals surface area contributed by atoms with Crippen LogP contribution in [0.3, 0.4) is 0 Å². The van der Waals surface area contributed by atoms with Gasteiger partial charge in [0.25, 0.3) is 11.8 Å². The van der Waals surface area contributed by atoms with E-state index < -0.39 is 0 Å². The zero-order valence-electron chi connectivity index (χ0n) is 16.1. The van der Waals surface area contributed by atoms with Gasteiger partial charge in [0, 0.05) is 37.9 Å². The highest BCUT2D eigenvalue weighted by atomic mass is 16.2. The van der Waals surface area contributed by atoms with E-state index in [9.17, 15) is 9.59 Å². The number of hydrogen-bond acceptors (Lipinski definition) is 3. The Bertz CT molecular complexity index is 813. The Balaban J connectivity index is 1.77. The summed E-state index contributed by atoms with van der Waals surface area (Å²) >= 11 is 0. The summed E-state index contributed by atoms with van der Waals surface area (Å²) < 4.78 is 0. The first kappa shape index (κ1) is 19.1. The summed E-state index contributed by atoms with van der Waals surface area (Å²) in [6.45, 7) is 6.82. The van der Waals surface area contributed by atoms with Crippen molar-refractivity contribution in [2.24, 2.45) is 0 Å². The lowest BCUT2D eigenvalue weighted by molar-refractivity contribution is 0.0734. The SMILES string of the molecule is CCCN(CCC)C(=O)c1cc(C(=O)N2CCc3ccccc3C2)ccn1. The maximum absolute atomic E-state index is 13.0. The molecule has 0 atom stereocenters. The van der Waals surface area contributed by atoms with Gasteiger partial charge in [0.1, 0.15) is 5.69 Å². The molecule has 142 valence electrons. The lowest BCUT2D eigenvalue weighted by Crippen LogP contribution is -2.36. The van der Waals surface area contributed by atoms with Crippen LogP contribution in [-0.2, 0) is 13.0 Å². The maximum Gasteiger partial charge on any atom is 0.272 e. The number of amides is 2. The van der Waals surface area contributed by atoms with Crippen LogP contribution < -0.4 is 0 Å². The van der Waals surface area contributed by atoms with Gasteiger partial charge in [-0.1, -0.05) is 38.1 Å². The average molecular weight is 365 g/mol. The summed E-state index contributed by atoms with van der Waals surface area (Å²) in [7, 11) is 0. The molecular weight excluding hydrogens is 338 g/mol. The van der Waals surface area contributed by atoms with Crippen LogP contribution in [0.15, 0.2) is 42.6 Å². The highest BCUT2D eigenvalue weighted by molar-refractivity contribution is 5.98. The van der Waals surface area contributed by atoms with Gasteiger partial charge in [0.15, 0.2) is 0 Å². The predicted octanol–water partition coefficient (Wildman–Crippen LogP) is 3.54. The van der Waals surface area contributed by atoms with Crippen LogP contribution in [0.4, 0.5) is 0 Å². The van der Waals surface area contributed by atoms with Crippen LogP contribution in [0.1, 0.15) is 58.7 Å². The van der Waals surface area contributed by atoms with Gasteiger partial charge in [0.05, 0.1) is 0 Å². The molecular formula is C22H27N3O2. The number of carbonyl (C=O) groups excluding carboxylic acids is 2. The van der Waals surface area contributed by atoms with E-state index in [4.69, 9.17) is 0 Å². The van der Waals surface area contributed by atoms with E-state index >= 15 is 0 Å². The van der Waals surface area contributed by atoms with Crippen molar-refractivity contribution in [3.8, 4) is 0 Å². The zero-order chi connectivity index (χ0) is 19.2. The third-order valence-corrected chi connectivity index (χ3v) is 4.92. The lowest BCUT2D eigenvalue weighted by atomic mass is 9.99. The van der Waals surface area contributed by atoms with Crippen LogP contribution in [0.5, 0.6) is 0 Å². The van der Waals surface area contributed by atoms with Gasteiger partial charge in [-0.05, 0) is 42.5 Å². The molecule has 3 rings (SSSR count). The highest BCUT2D eigenvalue weighted by Crippen LogP contribution is 2.20. The molecule has 5 heteroatoms. The molecule has 2 heterocycles. The number of aromatic nitrogens is 1. The smallest absolute Gasteiger partial charge is 0.272 e. The molecule has 1 aromatic carbocycles. The van der Waals surface area contributed by atoms with E-state index in [0.29, 0.717) is 37.4 Å². The Hall–Kier alpha value is -2.69. The van der Waals surface area contributed by atoms with E-state index in [2.05, 4.69) is 31.0 Å². The molecule has 2 aromatic rings. The van der Waals surface area contributed by atoms with Crippen molar-refractivity contribution >= 4 is 11.8 Å². The Morgan fingerprint density at radius 3 is 2.48 bits per heavy atom. The standard InChI is InChI=1S/C22H27N3O2/c1-3-12-24(13-4-2)22(27)20-15-18(9-11-23-20)21(26)25-14-10-17-7-5-6-8-19(17)16-25/h5-9,11,15H,3-4,10,12-14,16H2,1-2H3. The van der Waals surface area contributed by atoms with Gasteiger partial charge in [-0.15, -0.1) is 0 Å². The van der Waals surface area contributed by atoms with Crippen LogP contribution in [0.25, 0.3) is 0 Å². The van der Waals surface area contributed by atoms with E-state index in [-0.39, 0.29) is 11.8 Å². The monoisotopic (exact) mass is 365 g/mol. The molecule has 0 saturated heterocycles. The second-order valence-electron chi connectivity index (χ2n) is 6.97. The van der Waals surface area contributed by atoms with E-state index in [1.165, 1.54) is 11.1 Å². The van der Waals surface area contributed by atoms with Crippen molar-refractivity contribution in [3.05, 3.63) is 65.0 Å². The number of rotatable bonds is 6. The summed E-state index contributed by atoms with van der Waals surface area (Å²) in [6, 6.07) is 11.6. The molecule has 5 nitrogen and oxygen atoms in total. The predicted molar refractivity (Wildman–Crippen MR) is 106 cm³/mol. The molecule has 1 aromatic heterocycles. The maximum atomic E-state index is 13.0. The molecule has 0 fully saturated rings. The first-order valence-corrected chi connectivity index (χ1v) is 9.75. The number of fused-ring (bicyclic) bond motifs is 1. The normalized spacial score (nSPS) is 13.2. The van der Waals surface area contributed by atoms with Crippen LogP contribution >= 0.6 is 0 Å². The van der Waals surface area contributed by atoms with Crippen molar-refractivity contribution in [2.75, 3.05) is 19.6 Å². The summed E-state index contributed by atoms with van der Waals surface area (Å²) in [5, 5.41) is 0. The number of pyridine rings is 1. The molecule has 0 unspecified atom stereocenters. The molecule has 0 spiro atoms. The molecule has 0 aliphatic carbocycles. The lowest BCUT2D eigenvalue weighted by Gasteiger charge is -2.29. The Kier molecular flexibility index (Phi) is 6.22. The van der Waals surface area contributed by atoms with Crippen molar-refractivity contribution in [3.63, 3.8) is 0 Å². The second kappa shape index (κ2) is 8.80. The largest absolute Gasteiger partial charge is 0.337 e. The molecule has 0 bridgehead atoms. The molecule has 27 heavy (non-hydrogen) atoms. The third kappa shape index (κ3) is 4.35. The number of benzene rings is 1. The topological polar surface area (TPSA) is 53.5 Å². The molecule has 2 amide bonds. The van der Waals surface area contributed by atoms with Crippen LogP contribution in [0, 0.1) is 0 Å². The van der Waals surface area contributed by atoms with Crippen LogP contribution in [-0.4, -0.2) is 46.2 Å². The Morgan fingerprint density at radius 2 is 1.78 bits per heavy atom. The molecule has 1 aliphatic rings. The third-order valence-electron chi connectivity index (χ3n) is 4.92. The zero-order valence-corrected chi connectivity index (χ0v) is 16.1. The van der Waals surface area contributed by atoms with Gasteiger partial charge in [-0.25, -0.2) is 0 Å². The Morgan fingerprint density at radius 1 is 1.07 bits per heavy atom. The van der Waals surface area contributed by atoms with Gasteiger partial charge < -0.3 is 9.80 Å². The van der Waals surface area contributed by atoms with Crippen molar-refractivity contribution in [1.29, 1.82) is 0 Å². The van der Waals surface area contributed by atoms with Gasteiger partial charge >= 0.3 is 0 Å². The summed E-state index contributed by atoms with van der Waals surface area (Å²) in [4.78, 5) is 33.6. The fourth-order valence-corrected chi connectivity index (χ4v) is 3.55. The average Bonchev–Trinajstić information content (AvgIpc) is 2.72. The van der Waals surface area contributed by atoms with Gasteiger partial charge in [0.2, 0.25) is 0 Å². The van der Waals surface area contributed by atoms with E-state index in [1.54, 1.807) is 18.3 Å². The molecule has 0 radical (unpaired) electrons. The fraction of sp³-hybridized carbons (Fsp3) is 0.409. The quantitative estimate of drug-likeness (QED) is 0.787. The summed E-state index contributed by atoms with van der Waals surface area (Å²) in [5.41, 5.74) is 3.38. The second-order valence-corrected chi connectivity index (χ2v) is 6.97. The van der Waals surface area contributed by atoms with Crippen molar-refractivity contribution < 1.29 is 9.59 Å². The minimum atomic E-state index is -0.0997. The first-order chi connectivity index (χ1) is 13.1. The highest BCUT2D eigenvalue weighted by Gasteiger charge is 2.23. The number of hydrogen-bond donors (Lipinski definition) is 0. The van der Waals surface area contributed by atoms with E-state index in [1.807, 2.05) is 21.9 Å². The van der Waals surface area contributed by atoms with Gasteiger partial charge in [-0.2, -0.15) is 0 Å². The molecule has 0 N–H and O–H groups in total. The molecule has 0 saturated carbocycles. The van der Waals surface area contributed by atoms with Crippen molar-refractivity contribution in [1.82, 2.24) is 14.8 Å². The number of nitrogens with zero attached hydrogens (tertiary/aromatic N) is 3. The van der Waals surface area contributed by atoms with Crippen LogP contribution in [0.2, 0.25) is 0 Å². The minimum Gasteiger partial charge on any atom is -0.337 e. The first-order valence-electron chi connectivity index (χ1n) is 9.75. The Labute approximate surface area is 161 Å². The molecule has 1 aliphatic heterocycles. The summed E-state index contributed by atoms with van der Waals surface area (Å²) in [6.07, 6.45) is 4.23. The minimum absolute atomic E-state index is 0.0431. The fourth-order valence-electron chi connectivity index (χ4n) is 3.55. The summed E-state index contributed by atoms with van der Waals surface area (Å²) in [5.74, 6) is -0.143. The van der Waals surface area contributed by atoms with Gasteiger partial charge in [-0.3, -0.25) is 14.6 Å².